The maximum Gasteiger partial charge on any atom is 0.126 e. The summed E-state index contributed by atoms with van der Waals surface area (Å²) < 4.78 is 5.38. The molecule has 1 aliphatic rings. The first-order chi connectivity index (χ1) is 12.4. The Morgan fingerprint density at radius 2 is 2.00 bits per heavy atom. The van der Waals surface area contributed by atoms with Crippen LogP contribution in [0.15, 0.2) is 47.6 Å². The number of rotatable bonds is 5. The third kappa shape index (κ3) is 3.68. The molecule has 1 aromatic carbocycles. The summed E-state index contributed by atoms with van der Waals surface area (Å²) in [6.07, 6.45) is 2.68. The first-order valence-electron chi connectivity index (χ1n) is 8.92. The van der Waals surface area contributed by atoms with Crippen LogP contribution >= 0.6 is 0 Å². The highest BCUT2D eigenvalue weighted by atomic mass is 16.5. The van der Waals surface area contributed by atoms with Gasteiger partial charge in [0.1, 0.15) is 5.84 Å². The normalized spacial score (nSPS) is 18.1. The lowest BCUT2D eigenvalue weighted by atomic mass is 9.76. The minimum Gasteiger partial charge on any atom is -0.383 e. The van der Waals surface area contributed by atoms with Crippen LogP contribution in [0.1, 0.15) is 42.7 Å². The second kappa shape index (κ2) is 7.38. The molecule has 3 N–H and O–H groups in total. The monoisotopic (exact) mass is 350 g/mol. The molecule has 2 heterocycles. The summed E-state index contributed by atoms with van der Waals surface area (Å²) in [4.78, 5) is 8.89. The van der Waals surface area contributed by atoms with Gasteiger partial charge in [-0.15, -0.1) is 0 Å². The lowest BCUT2D eigenvalue weighted by Gasteiger charge is -2.28. The van der Waals surface area contributed by atoms with E-state index in [-0.39, 0.29) is 6.04 Å². The van der Waals surface area contributed by atoms with Crippen molar-refractivity contribution in [2.45, 2.75) is 38.6 Å². The Labute approximate surface area is 154 Å². The van der Waals surface area contributed by atoms with E-state index >= 15 is 0 Å². The molecule has 1 aromatic heterocycles. The maximum atomic E-state index is 8.90. The summed E-state index contributed by atoms with van der Waals surface area (Å²) in [5.74, 6) is 0.475. The molecule has 5 nitrogen and oxygen atoms in total. The first kappa shape index (κ1) is 18.3. The Morgan fingerprint density at radius 3 is 2.65 bits per heavy atom. The number of benzene rings is 1. The van der Waals surface area contributed by atoms with Crippen molar-refractivity contribution in [3.05, 3.63) is 65.0 Å². The number of pyridine rings is 1. The molecule has 1 unspecified atom stereocenters. The number of nitrogens with two attached hydrogens (primary N) is 1. The fourth-order valence-electron chi connectivity index (χ4n) is 3.23. The first-order valence-corrected chi connectivity index (χ1v) is 8.92. The molecule has 136 valence electrons. The quantitative estimate of drug-likeness (QED) is 0.641. The molecule has 0 bridgehead atoms. The summed E-state index contributed by atoms with van der Waals surface area (Å²) in [5.41, 5.74) is 9.97. The van der Waals surface area contributed by atoms with Gasteiger partial charge in [0.15, 0.2) is 0 Å². The van der Waals surface area contributed by atoms with Gasteiger partial charge in [0.05, 0.1) is 12.6 Å². The topological polar surface area (TPSA) is 84.4 Å². The van der Waals surface area contributed by atoms with Gasteiger partial charge < -0.3 is 15.9 Å². The highest BCUT2D eigenvalue weighted by Crippen LogP contribution is 2.29. The Bertz CT molecular complexity index is 835. The van der Waals surface area contributed by atoms with Gasteiger partial charge >= 0.3 is 0 Å². The van der Waals surface area contributed by atoms with Crippen molar-refractivity contribution < 1.29 is 4.74 Å². The van der Waals surface area contributed by atoms with Gasteiger partial charge in [-0.25, -0.2) is 0 Å². The Hall–Kier alpha value is -2.53. The van der Waals surface area contributed by atoms with Gasteiger partial charge in [-0.2, -0.15) is 0 Å². The van der Waals surface area contributed by atoms with E-state index in [4.69, 9.17) is 15.9 Å². The van der Waals surface area contributed by atoms with Gasteiger partial charge in [-0.3, -0.25) is 9.98 Å². The van der Waals surface area contributed by atoms with Gasteiger partial charge in [0, 0.05) is 40.8 Å². The van der Waals surface area contributed by atoms with Crippen molar-refractivity contribution in [3.8, 4) is 0 Å². The second-order valence-corrected chi connectivity index (χ2v) is 7.26. The van der Waals surface area contributed by atoms with Crippen LogP contribution in [0, 0.1) is 12.3 Å². The predicted octanol–water partition coefficient (Wildman–Crippen LogP) is 3.23. The van der Waals surface area contributed by atoms with Crippen LogP contribution in [0.2, 0.25) is 0 Å². The summed E-state index contributed by atoms with van der Waals surface area (Å²) in [7, 11) is 0. The number of aliphatic imine (C=N–C) groups is 1. The van der Waals surface area contributed by atoms with Crippen LogP contribution < -0.4 is 5.73 Å². The Kier molecular flexibility index (Phi) is 5.18. The van der Waals surface area contributed by atoms with Gasteiger partial charge in [-0.1, -0.05) is 38.1 Å². The van der Waals surface area contributed by atoms with E-state index in [0.717, 1.165) is 35.4 Å². The molecular formula is C21H26N4O. The molecule has 0 radical (unpaired) electrons. The Balaban J connectivity index is 1.97. The van der Waals surface area contributed by atoms with Crippen molar-refractivity contribution in [2.24, 2.45) is 10.7 Å². The number of nitrogens with zero attached hydrogens (tertiary/aromatic N) is 2. The van der Waals surface area contributed by atoms with Crippen LogP contribution in [0.4, 0.5) is 0 Å². The number of aromatic nitrogens is 1. The zero-order valence-electron chi connectivity index (χ0n) is 15.6. The largest absolute Gasteiger partial charge is 0.383 e. The standard InChI is InChI=1S/C21H26N4O/c1-14-12-15(8-10-24-14)21(2,3)19(22)17-6-4-5-7-18(17)20(23)25-16-9-11-26-13-16/h4-8,10,12,16,22H,9,11,13H2,1-3H3,(H2,23,25). The minimum absolute atomic E-state index is 0.105. The van der Waals surface area contributed by atoms with Crippen molar-refractivity contribution >= 4 is 11.5 Å². The smallest absolute Gasteiger partial charge is 0.126 e. The van der Waals surface area contributed by atoms with E-state index < -0.39 is 5.41 Å². The third-order valence-corrected chi connectivity index (χ3v) is 4.94. The van der Waals surface area contributed by atoms with Crippen LogP contribution in [-0.4, -0.2) is 35.8 Å². The molecule has 26 heavy (non-hydrogen) atoms. The average molecular weight is 350 g/mol. The molecule has 5 heteroatoms. The van der Waals surface area contributed by atoms with Crippen LogP contribution in [0.25, 0.3) is 0 Å². The molecule has 0 spiro atoms. The van der Waals surface area contributed by atoms with E-state index in [0.29, 0.717) is 18.2 Å². The van der Waals surface area contributed by atoms with Crippen molar-refractivity contribution in [3.63, 3.8) is 0 Å². The van der Waals surface area contributed by atoms with Gasteiger partial charge in [0.2, 0.25) is 0 Å². The number of hydrogen-bond donors (Lipinski definition) is 2. The zero-order chi connectivity index (χ0) is 18.7. The molecule has 0 amide bonds. The Morgan fingerprint density at radius 1 is 1.27 bits per heavy atom. The average Bonchev–Trinajstić information content (AvgIpc) is 3.14. The SMILES string of the molecule is Cc1cc(C(C)(C)C(=N)c2ccccc2C(N)=NC2CCOC2)ccn1. The molecule has 1 atom stereocenters. The van der Waals surface area contributed by atoms with Crippen molar-refractivity contribution in [1.29, 1.82) is 5.41 Å². The highest BCUT2D eigenvalue weighted by molar-refractivity contribution is 6.14. The molecule has 1 aliphatic heterocycles. The molecule has 1 fully saturated rings. The highest BCUT2D eigenvalue weighted by Gasteiger charge is 2.29. The summed E-state index contributed by atoms with van der Waals surface area (Å²) >= 11 is 0. The van der Waals surface area contributed by atoms with Crippen molar-refractivity contribution in [2.75, 3.05) is 13.2 Å². The van der Waals surface area contributed by atoms with Gasteiger partial charge in [0.25, 0.3) is 0 Å². The minimum atomic E-state index is -0.472. The van der Waals surface area contributed by atoms with Crippen LogP contribution in [-0.2, 0) is 10.2 Å². The number of aryl methyl sites for hydroxylation is 1. The summed E-state index contributed by atoms with van der Waals surface area (Å²) in [6.45, 7) is 7.42. The van der Waals surface area contributed by atoms with E-state index in [2.05, 4.69) is 23.8 Å². The number of ether oxygens (including phenoxy) is 1. The zero-order valence-corrected chi connectivity index (χ0v) is 15.6. The van der Waals surface area contributed by atoms with Crippen LogP contribution in [0.5, 0.6) is 0 Å². The van der Waals surface area contributed by atoms with Crippen molar-refractivity contribution in [1.82, 2.24) is 4.98 Å². The molecule has 0 saturated carbocycles. The summed E-state index contributed by atoms with van der Waals surface area (Å²) in [6, 6.07) is 11.9. The molecule has 0 aliphatic carbocycles. The molecule has 1 saturated heterocycles. The number of nitrogens with one attached hydrogen (secondary N) is 1. The molecular weight excluding hydrogens is 324 g/mol. The maximum absolute atomic E-state index is 8.90. The van der Waals surface area contributed by atoms with Crippen LogP contribution in [0.3, 0.4) is 0 Å². The van der Waals surface area contributed by atoms with E-state index in [1.54, 1.807) is 6.20 Å². The number of amidine groups is 1. The summed E-state index contributed by atoms with van der Waals surface area (Å²) in [5, 5.41) is 8.90. The third-order valence-electron chi connectivity index (χ3n) is 4.94. The molecule has 2 aromatic rings. The fraction of sp³-hybridized carbons (Fsp3) is 0.381. The predicted molar refractivity (Wildman–Crippen MR) is 105 cm³/mol. The number of hydrogen-bond acceptors (Lipinski definition) is 4. The lowest BCUT2D eigenvalue weighted by Crippen LogP contribution is -2.32. The van der Waals surface area contributed by atoms with Gasteiger partial charge in [-0.05, 0) is 31.0 Å². The van der Waals surface area contributed by atoms with E-state index in [1.807, 2.05) is 43.3 Å². The van der Waals surface area contributed by atoms with E-state index in [1.165, 1.54) is 0 Å². The second-order valence-electron chi connectivity index (χ2n) is 7.26. The fourth-order valence-corrected chi connectivity index (χ4v) is 3.23. The van der Waals surface area contributed by atoms with E-state index in [9.17, 15) is 0 Å². The lowest BCUT2D eigenvalue weighted by molar-refractivity contribution is 0.194. The molecule has 3 rings (SSSR count).